The average Bonchev–Trinajstić information content (AvgIpc) is 2.64. The highest BCUT2D eigenvalue weighted by Gasteiger charge is 2.22. The molecule has 1 saturated heterocycles. The third-order valence-corrected chi connectivity index (χ3v) is 4.74. The highest BCUT2D eigenvalue weighted by molar-refractivity contribution is 9.10. The van der Waals surface area contributed by atoms with Crippen molar-refractivity contribution >= 4 is 27.6 Å². The number of carbonyl (C=O) groups is 1. The molecule has 2 rings (SSSR count). The third kappa shape index (κ3) is 3.54. The average molecular weight is 340 g/mol. The molecule has 0 amide bonds. The van der Waals surface area contributed by atoms with Crippen molar-refractivity contribution in [3.05, 3.63) is 28.2 Å². The molecule has 3 nitrogen and oxygen atoms in total. The highest BCUT2D eigenvalue weighted by Crippen LogP contribution is 2.30. The Balaban J connectivity index is 2.21. The smallest absolute Gasteiger partial charge is 0.337 e. The molecule has 1 aliphatic rings. The topological polar surface area (TPSA) is 40.5 Å². The van der Waals surface area contributed by atoms with E-state index in [0.717, 1.165) is 42.0 Å². The van der Waals surface area contributed by atoms with Crippen LogP contribution < -0.4 is 4.90 Å². The van der Waals surface area contributed by atoms with Gasteiger partial charge in [-0.25, -0.2) is 4.79 Å². The summed E-state index contributed by atoms with van der Waals surface area (Å²) in [5, 5.41) is 9.38. The van der Waals surface area contributed by atoms with Gasteiger partial charge in [-0.15, -0.1) is 0 Å². The van der Waals surface area contributed by atoms with E-state index in [2.05, 4.69) is 34.7 Å². The summed E-state index contributed by atoms with van der Waals surface area (Å²) in [6.45, 7) is 6.46. The lowest BCUT2D eigenvalue weighted by molar-refractivity contribution is 0.0697. The minimum absolute atomic E-state index is 0.391. The van der Waals surface area contributed by atoms with Gasteiger partial charge < -0.3 is 10.0 Å². The van der Waals surface area contributed by atoms with Crippen LogP contribution in [0.3, 0.4) is 0 Å². The van der Waals surface area contributed by atoms with Gasteiger partial charge in [0.1, 0.15) is 0 Å². The van der Waals surface area contributed by atoms with Crippen LogP contribution in [-0.4, -0.2) is 24.2 Å². The van der Waals surface area contributed by atoms with E-state index >= 15 is 0 Å². The molecule has 0 radical (unpaired) electrons. The molecular weight excluding hydrogens is 318 g/mol. The van der Waals surface area contributed by atoms with E-state index in [9.17, 15) is 9.90 Å². The van der Waals surface area contributed by atoms with E-state index in [1.165, 1.54) is 6.42 Å². The van der Waals surface area contributed by atoms with Crippen LogP contribution in [0.1, 0.15) is 43.5 Å². The van der Waals surface area contributed by atoms with Gasteiger partial charge in [0, 0.05) is 17.6 Å². The molecular formula is C16H22BrNO2. The van der Waals surface area contributed by atoms with E-state index in [0.29, 0.717) is 11.5 Å². The summed E-state index contributed by atoms with van der Waals surface area (Å²) in [6.07, 6.45) is 3.53. The number of rotatable bonds is 3. The van der Waals surface area contributed by atoms with E-state index in [4.69, 9.17) is 0 Å². The zero-order valence-corrected chi connectivity index (χ0v) is 13.7. The van der Waals surface area contributed by atoms with Crippen LogP contribution in [0.2, 0.25) is 0 Å². The molecule has 1 N–H and O–H groups in total. The predicted octanol–water partition coefficient (Wildman–Crippen LogP) is 4.41. The number of hydrogen-bond acceptors (Lipinski definition) is 2. The van der Waals surface area contributed by atoms with Gasteiger partial charge in [-0.3, -0.25) is 0 Å². The van der Waals surface area contributed by atoms with Crippen LogP contribution in [0.15, 0.2) is 22.7 Å². The number of carboxylic acids is 1. The first-order valence-corrected chi connectivity index (χ1v) is 8.06. The normalized spacial score (nSPS) is 20.0. The monoisotopic (exact) mass is 339 g/mol. The molecule has 1 aromatic rings. The van der Waals surface area contributed by atoms with Crippen LogP contribution in [-0.2, 0) is 0 Å². The molecule has 0 saturated carbocycles. The molecule has 0 bridgehead atoms. The minimum Gasteiger partial charge on any atom is -0.478 e. The Morgan fingerprint density at radius 2 is 2.10 bits per heavy atom. The molecule has 0 aromatic heterocycles. The second-order valence-electron chi connectivity index (χ2n) is 5.89. The maximum atomic E-state index is 11.4. The molecule has 1 aromatic carbocycles. The molecule has 1 aliphatic heterocycles. The standard InChI is InChI=1S/C16H22BrNO2/c1-11(2)12-4-3-8-18(9-7-12)15-6-5-13(17)10-14(15)16(19)20/h5-6,10-12H,3-4,7-9H2,1-2H3,(H,19,20). The number of aromatic carboxylic acids is 1. The third-order valence-electron chi connectivity index (χ3n) is 4.25. The fraction of sp³-hybridized carbons (Fsp3) is 0.562. The van der Waals surface area contributed by atoms with Gasteiger partial charge in [0.05, 0.1) is 11.3 Å². The van der Waals surface area contributed by atoms with Gasteiger partial charge in [0.25, 0.3) is 0 Å². The first-order valence-electron chi connectivity index (χ1n) is 7.27. The Hall–Kier alpha value is -1.03. The molecule has 1 atom stereocenters. The fourth-order valence-electron chi connectivity index (χ4n) is 2.99. The Bertz CT molecular complexity index is 487. The minimum atomic E-state index is -0.856. The first-order chi connectivity index (χ1) is 9.49. The summed E-state index contributed by atoms with van der Waals surface area (Å²) in [7, 11) is 0. The number of halogens is 1. The predicted molar refractivity (Wildman–Crippen MR) is 85.5 cm³/mol. The summed E-state index contributed by atoms with van der Waals surface area (Å²) in [4.78, 5) is 13.7. The second-order valence-corrected chi connectivity index (χ2v) is 6.80. The van der Waals surface area contributed by atoms with E-state index in [-0.39, 0.29) is 0 Å². The van der Waals surface area contributed by atoms with Gasteiger partial charge in [-0.1, -0.05) is 29.8 Å². The number of nitrogens with zero attached hydrogens (tertiary/aromatic N) is 1. The summed E-state index contributed by atoms with van der Waals surface area (Å²) >= 11 is 3.35. The Labute approximate surface area is 129 Å². The quantitative estimate of drug-likeness (QED) is 0.886. The van der Waals surface area contributed by atoms with Crippen LogP contribution in [0.25, 0.3) is 0 Å². The molecule has 0 aliphatic carbocycles. The molecule has 1 heterocycles. The maximum Gasteiger partial charge on any atom is 0.337 e. The largest absolute Gasteiger partial charge is 0.478 e. The van der Waals surface area contributed by atoms with E-state index < -0.39 is 5.97 Å². The Kier molecular flexibility index (Phi) is 5.08. The number of hydrogen-bond donors (Lipinski definition) is 1. The van der Waals surface area contributed by atoms with Crippen molar-refractivity contribution in [3.63, 3.8) is 0 Å². The first kappa shape index (κ1) is 15.4. The van der Waals surface area contributed by atoms with Crippen molar-refractivity contribution < 1.29 is 9.90 Å². The SMILES string of the molecule is CC(C)C1CCCN(c2ccc(Br)cc2C(=O)O)CC1. The number of carboxylic acid groups (broad SMARTS) is 1. The summed E-state index contributed by atoms with van der Waals surface area (Å²) < 4.78 is 0.813. The maximum absolute atomic E-state index is 11.4. The summed E-state index contributed by atoms with van der Waals surface area (Å²) in [5.74, 6) is 0.605. The lowest BCUT2D eigenvalue weighted by Gasteiger charge is -2.25. The van der Waals surface area contributed by atoms with Crippen molar-refractivity contribution in [2.45, 2.75) is 33.1 Å². The van der Waals surface area contributed by atoms with Crippen LogP contribution in [0, 0.1) is 11.8 Å². The van der Waals surface area contributed by atoms with E-state index in [1.807, 2.05) is 12.1 Å². The highest BCUT2D eigenvalue weighted by atomic mass is 79.9. The lowest BCUT2D eigenvalue weighted by Crippen LogP contribution is -2.26. The lowest BCUT2D eigenvalue weighted by atomic mass is 9.89. The van der Waals surface area contributed by atoms with Gasteiger partial charge in [0.2, 0.25) is 0 Å². The molecule has 110 valence electrons. The van der Waals surface area contributed by atoms with Gasteiger partial charge in [-0.2, -0.15) is 0 Å². The van der Waals surface area contributed by atoms with Gasteiger partial charge >= 0.3 is 5.97 Å². The van der Waals surface area contributed by atoms with Crippen molar-refractivity contribution in [3.8, 4) is 0 Å². The Morgan fingerprint density at radius 1 is 1.35 bits per heavy atom. The van der Waals surface area contributed by atoms with Crippen LogP contribution in [0.5, 0.6) is 0 Å². The molecule has 4 heteroatoms. The molecule has 1 fully saturated rings. The van der Waals surface area contributed by atoms with Gasteiger partial charge in [-0.05, 0) is 49.3 Å². The molecule has 20 heavy (non-hydrogen) atoms. The summed E-state index contributed by atoms with van der Waals surface area (Å²) in [6, 6.07) is 5.54. The van der Waals surface area contributed by atoms with Crippen molar-refractivity contribution in [2.75, 3.05) is 18.0 Å². The van der Waals surface area contributed by atoms with Gasteiger partial charge in [0.15, 0.2) is 0 Å². The molecule has 0 spiro atoms. The van der Waals surface area contributed by atoms with Crippen molar-refractivity contribution in [1.29, 1.82) is 0 Å². The van der Waals surface area contributed by atoms with Crippen molar-refractivity contribution in [1.82, 2.24) is 0 Å². The van der Waals surface area contributed by atoms with Crippen LogP contribution in [0.4, 0.5) is 5.69 Å². The van der Waals surface area contributed by atoms with Crippen LogP contribution >= 0.6 is 15.9 Å². The molecule has 1 unspecified atom stereocenters. The summed E-state index contributed by atoms with van der Waals surface area (Å²) in [5.41, 5.74) is 1.24. The zero-order chi connectivity index (χ0) is 14.7. The number of benzene rings is 1. The van der Waals surface area contributed by atoms with E-state index in [1.54, 1.807) is 6.07 Å². The Morgan fingerprint density at radius 3 is 2.75 bits per heavy atom. The fourth-order valence-corrected chi connectivity index (χ4v) is 3.35. The zero-order valence-electron chi connectivity index (χ0n) is 12.1. The number of anilines is 1. The van der Waals surface area contributed by atoms with Crippen molar-refractivity contribution in [2.24, 2.45) is 11.8 Å². The second kappa shape index (κ2) is 6.61.